The van der Waals surface area contributed by atoms with Crippen LogP contribution in [0.2, 0.25) is 0 Å². The summed E-state index contributed by atoms with van der Waals surface area (Å²) in [6.07, 6.45) is 2.06. The first-order valence-electron chi connectivity index (χ1n) is 6.18. The Morgan fingerprint density at radius 1 is 1.20 bits per heavy atom. The summed E-state index contributed by atoms with van der Waals surface area (Å²) in [7, 11) is 0. The fourth-order valence-electron chi connectivity index (χ4n) is 1.83. The van der Waals surface area contributed by atoms with Crippen LogP contribution in [0.1, 0.15) is 11.1 Å². The molecular formula is C15H15ClN2O2. The van der Waals surface area contributed by atoms with Gasteiger partial charge in [0.1, 0.15) is 6.04 Å². The number of halogens is 1. The van der Waals surface area contributed by atoms with E-state index in [1.165, 1.54) is 0 Å². The molecule has 1 atom stereocenters. The van der Waals surface area contributed by atoms with E-state index in [4.69, 9.17) is 22.4 Å². The van der Waals surface area contributed by atoms with Crippen molar-refractivity contribution in [3.05, 3.63) is 53.7 Å². The first-order chi connectivity index (χ1) is 9.60. The molecular weight excluding hydrogens is 276 g/mol. The van der Waals surface area contributed by atoms with Crippen LogP contribution in [0.5, 0.6) is 0 Å². The number of carbonyl (C=O) groups is 1. The van der Waals surface area contributed by atoms with Crippen LogP contribution in [0.4, 0.5) is 0 Å². The Balaban J connectivity index is 2.12. The molecule has 1 unspecified atom stereocenters. The van der Waals surface area contributed by atoms with Gasteiger partial charge in [0.05, 0.1) is 5.69 Å². The Labute approximate surface area is 122 Å². The minimum Gasteiger partial charge on any atom is -0.480 e. The zero-order chi connectivity index (χ0) is 14.5. The van der Waals surface area contributed by atoms with Gasteiger partial charge in [-0.05, 0) is 23.6 Å². The maximum Gasteiger partial charge on any atom is 0.320 e. The number of hydrogen-bond donors (Lipinski definition) is 2. The van der Waals surface area contributed by atoms with E-state index < -0.39 is 12.0 Å². The molecule has 0 fully saturated rings. The number of nitrogens with two attached hydrogens (primary N) is 1. The minimum absolute atomic E-state index is 0.314. The van der Waals surface area contributed by atoms with E-state index >= 15 is 0 Å². The topological polar surface area (TPSA) is 76.2 Å². The Morgan fingerprint density at radius 3 is 2.35 bits per heavy atom. The molecule has 0 saturated heterocycles. The van der Waals surface area contributed by atoms with Crippen LogP contribution in [0, 0.1) is 0 Å². The molecule has 0 aliphatic heterocycles. The molecule has 2 rings (SSSR count). The first kappa shape index (κ1) is 14.5. The zero-order valence-corrected chi connectivity index (χ0v) is 11.5. The molecule has 0 saturated carbocycles. The average molecular weight is 291 g/mol. The highest BCUT2D eigenvalue weighted by Gasteiger charge is 2.11. The number of nitrogens with zero attached hydrogens (tertiary/aromatic N) is 1. The van der Waals surface area contributed by atoms with Gasteiger partial charge in [-0.2, -0.15) is 0 Å². The van der Waals surface area contributed by atoms with Crippen molar-refractivity contribution in [2.75, 3.05) is 0 Å². The van der Waals surface area contributed by atoms with Gasteiger partial charge < -0.3 is 10.8 Å². The van der Waals surface area contributed by atoms with Crippen molar-refractivity contribution in [3.63, 3.8) is 0 Å². The van der Waals surface area contributed by atoms with Gasteiger partial charge in [-0.3, -0.25) is 9.78 Å². The molecule has 0 amide bonds. The van der Waals surface area contributed by atoms with Crippen LogP contribution >= 0.6 is 11.6 Å². The summed E-state index contributed by atoms with van der Waals surface area (Å²) < 4.78 is 0. The van der Waals surface area contributed by atoms with Gasteiger partial charge >= 0.3 is 5.97 Å². The highest BCUT2D eigenvalue weighted by molar-refractivity contribution is 6.17. The number of hydrogen-bond acceptors (Lipinski definition) is 3. The summed E-state index contributed by atoms with van der Waals surface area (Å²) in [6, 6.07) is 10.5. The predicted octanol–water partition coefficient (Wildman–Crippen LogP) is 2.44. The number of aliphatic carboxylic acids is 1. The molecule has 2 aromatic rings. The maximum absolute atomic E-state index is 10.7. The van der Waals surface area contributed by atoms with Gasteiger partial charge in [0, 0.05) is 17.6 Å². The molecule has 1 aromatic carbocycles. The molecule has 104 valence electrons. The van der Waals surface area contributed by atoms with E-state index in [1.54, 1.807) is 6.20 Å². The van der Waals surface area contributed by atoms with Crippen LogP contribution in [0.3, 0.4) is 0 Å². The van der Waals surface area contributed by atoms with Gasteiger partial charge in [0.15, 0.2) is 0 Å². The molecule has 5 heteroatoms. The summed E-state index contributed by atoms with van der Waals surface area (Å²) in [5.74, 6) is -0.549. The fourth-order valence-corrected chi connectivity index (χ4v) is 1.99. The zero-order valence-electron chi connectivity index (χ0n) is 10.8. The Bertz CT molecular complexity index is 582. The summed E-state index contributed by atoms with van der Waals surface area (Å²) in [4.78, 5) is 15.0. The molecule has 0 aliphatic rings. The third-order valence-electron chi connectivity index (χ3n) is 3.00. The summed E-state index contributed by atoms with van der Waals surface area (Å²) in [5.41, 5.74) is 9.19. The molecule has 1 aromatic heterocycles. The van der Waals surface area contributed by atoms with E-state index in [0.29, 0.717) is 12.3 Å². The predicted molar refractivity (Wildman–Crippen MR) is 78.5 cm³/mol. The van der Waals surface area contributed by atoms with Crippen LogP contribution in [0.15, 0.2) is 42.6 Å². The van der Waals surface area contributed by atoms with Crippen molar-refractivity contribution in [2.45, 2.75) is 18.3 Å². The molecule has 4 nitrogen and oxygen atoms in total. The van der Waals surface area contributed by atoms with E-state index in [-0.39, 0.29) is 0 Å². The van der Waals surface area contributed by atoms with Gasteiger partial charge in [-0.25, -0.2) is 0 Å². The molecule has 0 aliphatic carbocycles. The molecule has 20 heavy (non-hydrogen) atoms. The molecule has 0 bridgehead atoms. The largest absolute Gasteiger partial charge is 0.480 e. The molecule has 1 heterocycles. The lowest BCUT2D eigenvalue weighted by Crippen LogP contribution is -2.32. The number of benzene rings is 1. The van der Waals surface area contributed by atoms with Crippen molar-refractivity contribution in [1.82, 2.24) is 4.98 Å². The van der Waals surface area contributed by atoms with Gasteiger partial charge in [0.25, 0.3) is 0 Å². The van der Waals surface area contributed by atoms with E-state index in [9.17, 15) is 4.79 Å². The van der Waals surface area contributed by atoms with Crippen LogP contribution in [-0.4, -0.2) is 22.1 Å². The number of rotatable bonds is 5. The number of aromatic nitrogens is 1. The monoisotopic (exact) mass is 290 g/mol. The van der Waals surface area contributed by atoms with E-state index in [2.05, 4.69) is 4.98 Å². The fraction of sp³-hybridized carbons (Fsp3) is 0.200. The summed E-state index contributed by atoms with van der Waals surface area (Å²) in [6.45, 7) is 0. The third-order valence-corrected chi connectivity index (χ3v) is 3.31. The molecule has 0 spiro atoms. The lowest BCUT2D eigenvalue weighted by Gasteiger charge is -2.07. The highest BCUT2D eigenvalue weighted by atomic mass is 35.5. The maximum atomic E-state index is 10.7. The molecule has 0 radical (unpaired) electrons. The van der Waals surface area contributed by atoms with Gasteiger partial charge in [0.2, 0.25) is 0 Å². The van der Waals surface area contributed by atoms with Crippen LogP contribution in [-0.2, 0) is 17.1 Å². The first-order valence-corrected chi connectivity index (χ1v) is 6.72. The van der Waals surface area contributed by atoms with Gasteiger partial charge in [-0.1, -0.05) is 30.3 Å². The lowest BCUT2D eigenvalue weighted by molar-refractivity contribution is -0.138. The second-order valence-corrected chi connectivity index (χ2v) is 4.80. The second-order valence-electron chi connectivity index (χ2n) is 4.53. The van der Waals surface area contributed by atoms with Crippen molar-refractivity contribution in [1.29, 1.82) is 0 Å². The lowest BCUT2D eigenvalue weighted by atomic mass is 10.0. The number of pyridine rings is 1. The van der Waals surface area contributed by atoms with Crippen molar-refractivity contribution in [3.8, 4) is 11.3 Å². The van der Waals surface area contributed by atoms with Gasteiger partial charge in [-0.15, -0.1) is 11.6 Å². The summed E-state index contributed by atoms with van der Waals surface area (Å²) in [5, 5.41) is 8.78. The third kappa shape index (κ3) is 3.56. The van der Waals surface area contributed by atoms with Crippen LogP contribution in [0.25, 0.3) is 11.3 Å². The number of carboxylic acids is 1. The van der Waals surface area contributed by atoms with Crippen molar-refractivity contribution < 1.29 is 9.90 Å². The van der Waals surface area contributed by atoms with Crippen LogP contribution < -0.4 is 5.73 Å². The molecule has 3 N–H and O–H groups in total. The minimum atomic E-state index is -0.993. The SMILES string of the molecule is NC(Cc1ccc(-c2ccc(CCl)cn2)cc1)C(=O)O. The Hall–Kier alpha value is -1.91. The van der Waals surface area contributed by atoms with Crippen molar-refractivity contribution >= 4 is 17.6 Å². The van der Waals surface area contributed by atoms with E-state index in [1.807, 2.05) is 36.4 Å². The second kappa shape index (κ2) is 6.50. The summed E-state index contributed by atoms with van der Waals surface area (Å²) >= 11 is 5.72. The van der Waals surface area contributed by atoms with Crippen molar-refractivity contribution in [2.24, 2.45) is 5.73 Å². The highest BCUT2D eigenvalue weighted by Crippen LogP contribution is 2.18. The average Bonchev–Trinajstić information content (AvgIpc) is 2.48. The standard InChI is InChI=1S/C15H15ClN2O2/c16-8-11-3-6-14(18-9-11)12-4-1-10(2-5-12)7-13(17)15(19)20/h1-6,9,13H,7-8,17H2,(H,19,20). The Kier molecular flexibility index (Phi) is 4.71. The normalized spacial score (nSPS) is 12.1. The van der Waals surface area contributed by atoms with E-state index in [0.717, 1.165) is 22.4 Å². The Morgan fingerprint density at radius 2 is 1.85 bits per heavy atom. The quantitative estimate of drug-likeness (QED) is 0.829. The smallest absolute Gasteiger partial charge is 0.320 e. The number of carboxylic acid groups (broad SMARTS) is 1. The number of alkyl halides is 1.